The molecule has 3 aliphatic carbocycles. The number of hydrogen-bond acceptors (Lipinski definition) is 11. The number of aliphatic hydroxyl groups excluding tert-OH is 2. The van der Waals surface area contributed by atoms with E-state index in [-0.39, 0.29) is 37.1 Å². The van der Waals surface area contributed by atoms with Crippen molar-refractivity contribution >= 4 is 23.5 Å². The number of benzene rings is 2. The van der Waals surface area contributed by atoms with Crippen LogP contribution in [-0.4, -0.2) is 124 Å². The van der Waals surface area contributed by atoms with Crippen molar-refractivity contribution < 1.29 is 38.9 Å². The zero-order chi connectivity index (χ0) is 38.9. The molecule has 2 bridgehead atoms. The zero-order valence-corrected chi connectivity index (χ0v) is 32.9. The Labute approximate surface area is 313 Å². The van der Waals surface area contributed by atoms with Crippen LogP contribution in [0, 0.1) is 29.1 Å². The first-order chi connectivity index (χ1) is 25.0. The number of nitrogens with zero attached hydrogens (tertiary/aromatic N) is 3. The van der Waals surface area contributed by atoms with E-state index >= 15 is 0 Å². The van der Waals surface area contributed by atoms with Crippen molar-refractivity contribution in [3.05, 3.63) is 47.5 Å². The summed E-state index contributed by atoms with van der Waals surface area (Å²) in [6.07, 6.45) is 0.391. The molecule has 2 aromatic rings. The number of carbonyl (C=O) groups excluding carboxylic acids is 3. The van der Waals surface area contributed by atoms with E-state index in [1.807, 2.05) is 57.4 Å². The van der Waals surface area contributed by atoms with E-state index in [1.54, 1.807) is 36.1 Å². The molecule has 2 amide bonds. The smallest absolute Gasteiger partial charge is 0.329 e. The second kappa shape index (κ2) is 16.3. The van der Waals surface area contributed by atoms with E-state index in [2.05, 4.69) is 31.4 Å². The van der Waals surface area contributed by atoms with E-state index in [0.29, 0.717) is 45.8 Å². The lowest BCUT2D eigenvalue weighted by atomic mass is 9.45. The Morgan fingerprint density at radius 3 is 2.38 bits per heavy atom. The number of fused-ring (bicyclic) bond motifs is 2. The molecule has 13 heteroatoms. The van der Waals surface area contributed by atoms with Crippen molar-refractivity contribution in [2.75, 3.05) is 60.5 Å². The minimum atomic E-state index is -0.924. The first-order valence-electron chi connectivity index (χ1n) is 18.6. The van der Waals surface area contributed by atoms with Crippen LogP contribution in [0.3, 0.4) is 0 Å². The van der Waals surface area contributed by atoms with Crippen LogP contribution in [0.5, 0.6) is 5.75 Å². The lowest BCUT2D eigenvalue weighted by Gasteiger charge is -2.62. The zero-order valence-electron chi connectivity index (χ0n) is 32.9. The number of likely N-dealkylation sites (N-methyl/N-ethyl adjacent to an activating group) is 1. The van der Waals surface area contributed by atoms with Crippen LogP contribution in [-0.2, 0) is 25.7 Å². The molecule has 1 heterocycles. The van der Waals surface area contributed by atoms with E-state index in [4.69, 9.17) is 14.3 Å². The van der Waals surface area contributed by atoms with Crippen molar-refractivity contribution in [1.82, 2.24) is 20.6 Å². The molecule has 0 unspecified atom stereocenters. The molecule has 1 aliphatic heterocycles. The summed E-state index contributed by atoms with van der Waals surface area (Å²) in [4.78, 5) is 50.3. The molecule has 2 aromatic carbocycles. The number of methoxy groups -OCH3 is 2. The Balaban J connectivity index is 1.46. The highest BCUT2D eigenvalue weighted by Crippen LogP contribution is 2.61. The second-order valence-electron chi connectivity index (χ2n) is 16.2. The largest absolute Gasteiger partial charge is 0.496 e. The van der Waals surface area contributed by atoms with Crippen LogP contribution < -0.4 is 20.3 Å². The number of aliphatic hydroxyl groups is 2. The summed E-state index contributed by atoms with van der Waals surface area (Å²) < 4.78 is 11.0. The fourth-order valence-corrected chi connectivity index (χ4v) is 8.91. The lowest BCUT2D eigenvalue weighted by molar-refractivity contribution is -0.183. The minimum Gasteiger partial charge on any atom is -0.496 e. The Kier molecular flexibility index (Phi) is 12.4. The van der Waals surface area contributed by atoms with Crippen LogP contribution in [0.1, 0.15) is 56.5 Å². The van der Waals surface area contributed by atoms with Gasteiger partial charge < -0.3 is 40.1 Å². The molecule has 3 saturated carbocycles. The van der Waals surface area contributed by atoms with E-state index in [1.165, 1.54) is 13.5 Å². The summed E-state index contributed by atoms with van der Waals surface area (Å²) in [6, 6.07) is 9.38. The maximum absolute atomic E-state index is 14.2. The molecule has 4 N–H and O–H groups in total. The minimum absolute atomic E-state index is 0.0166. The van der Waals surface area contributed by atoms with Crippen molar-refractivity contribution in [1.29, 1.82) is 0 Å². The molecule has 292 valence electrons. The first-order valence-corrected chi connectivity index (χ1v) is 18.6. The standard InChI is InChI=1S/C40H59N5O8/c1-22-30-17-27(40(30,3)4)18-31(22)41-38(49)35-34(23(2)47)33(21-46)53-45(35)19-24-12-11-13-29(36(24)51-9)25-14-26(16-28(15-25)44(7)8)37(48)42-32(20-43(5)6)39(50)52-10/h11-16,22-23,27,30-35,46-47H,17-21H2,1-10H3,(H,41,49)(H,42,48)/t22-,23-,27+,30+,31-,32+,33-,34+,35-/m0/s1. The summed E-state index contributed by atoms with van der Waals surface area (Å²) in [7, 11) is 10.2. The number of para-hydroxylation sites is 1. The van der Waals surface area contributed by atoms with Gasteiger partial charge in [0.1, 0.15) is 23.9 Å². The molecular formula is C40H59N5O8. The maximum Gasteiger partial charge on any atom is 0.329 e. The number of anilines is 1. The molecule has 0 radical (unpaired) electrons. The highest BCUT2D eigenvalue weighted by Gasteiger charge is 2.57. The normalized spacial score (nSPS) is 27.4. The summed E-state index contributed by atoms with van der Waals surface area (Å²) >= 11 is 0. The predicted molar refractivity (Wildman–Crippen MR) is 202 cm³/mol. The van der Waals surface area contributed by atoms with Gasteiger partial charge in [0.05, 0.1) is 33.5 Å². The number of carbonyl (C=O) groups is 3. The van der Waals surface area contributed by atoms with Gasteiger partial charge in [-0.2, -0.15) is 5.06 Å². The van der Waals surface area contributed by atoms with Crippen molar-refractivity contribution in [2.45, 2.75) is 77.4 Å². The lowest BCUT2D eigenvalue weighted by Crippen LogP contribution is -2.62. The Bertz CT molecular complexity index is 1650. The monoisotopic (exact) mass is 737 g/mol. The molecule has 4 aliphatic rings. The fraction of sp³-hybridized carbons (Fsp3) is 0.625. The van der Waals surface area contributed by atoms with E-state index in [9.17, 15) is 24.6 Å². The van der Waals surface area contributed by atoms with Gasteiger partial charge in [0.2, 0.25) is 5.91 Å². The molecule has 1 saturated heterocycles. The van der Waals surface area contributed by atoms with E-state index < -0.39 is 42.1 Å². The first kappa shape index (κ1) is 40.4. The fourth-order valence-electron chi connectivity index (χ4n) is 8.91. The van der Waals surface area contributed by atoms with Gasteiger partial charge in [0.15, 0.2) is 0 Å². The van der Waals surface area contributed by atoms with Gasteiger partial charge in [-0.25, -0.2) is 4.79 Å². The molecule has 9 atom stereocenters. The Morgan fingerprint density at radius 2 is 1.81 bits per heavy atom. The SMILES string of the molecule is COC(=O)[C@@H](CN(C)C)NC(=O)c1cc(-c2cccc(CN3O[C@@H](CO)[C@@H]([C@H](C)O)[C@H]3C(=O)N[C@H]3C[C@H]4C[C@H]([C@@H]3C)C4(C)C)c2OC)cc(N(C)C)c1. The molecule has 53 heavy (non-hydrogen) atoms. The topological polar surface area (TPSA) is 153 Å². The molecule has 4 fully saturated rings. The summed E-state index contributed by atoms with van der Waals surface area (Å²) in [6.45, 7) is 8.51. The Hall–Kier alpha value is -3.75. The van der Waals surface area contributed by atoms with Gasteiger partial charge in [-0.15, -0.1) is 0 Å². The Morgan fingerprint density at radius 1 is 1.09 bits per heavy atom. The molecule has 0 spiro atoms. The third-order valence-electron chi connectivity index (χ3n) is 12.0. The van der Waals surface area contributed by atoms with Gasteiger partial charge in [0.25, 0.3) is 5.91 Å². The van der Waals surface area contributed by atoms with Crippen LogP contribution in [0.15, 0.2) is 36.4 Å². The van der Waals surface area contributed by atoms with Crippen LogP contribution >= 0.6 is 0 Å². The van der Waals surface area contributed by atoms with Crippen molar-refractivity contribution in [3.63, 3.8) is 0 Å². The third-order valence-corrected chi connectivity index (χ3v) is 12.0. The average molecular weight is 738 g/mol. The van der Waals surface area contributed by atoms with Gasteiger partial charge in [-0.05, 0) is 80.8 Å². The highest BCUT2D eigenvalue weighted by molar-refractivity contribution is 5.99. The molecule has 0 aromatic heterocycles. The summed E-state index contributed by atoms with van der Waals surface area (Å²) in [5.74, 6) is 0.0450. The summed E-state index contributed by atoms with van der Waals surface area (Å²) in [5, 5.41) is 29.0. The van der Waals surface area contributed by atoms with Crippen LogP contribution in [0.25, 0.3) is 11.1 Å². The van der Waals surface area contributed by atoms with Gasteiger partial charge >= 0.3 is 5.97 Å². The number of rotatable bonds is 14. The number of ether oxygens (including phenoxy) is 2. The highest BCUT2D eigenvalue weighted by atomic mass is 16.7. The number of esters is 1. The second-order valence-corrected chi connectivity index (χ2v) is 16.2. The number of amides is 2. The molecule has 13 nitrogen and oxygen atoms in total. The van der Waals surface area contributed by atoms with Gasteiger partial charge in [0, 0.05) is 55.0 Å². The quantitative estimate of drug-likeness (QED) is 0.212. The van der Waals surface area contributed by atoms with Crippen LogP contribution in [0.2, 0.25) is 0 Å². The van der Waals surface area contributed by atoms with Crippen molar-refractivity contribution in [2.24, 2.45) is 29.1 Å². The summed E-state index contributed by atoms with van der Waals surface area (Å²) in [5.41, 5.74) is 3.46. The van der Waals surface area contributed by atoms with Gasteiger partial charge in [-0.3, -0.25) is 14.4 Å². The number of nitrogens with one attached hydrogen (secondary N) is 2. The third kappa shape index (κ3) is 8.19. The van der Waals surface area contributed by atoms with E-state index in [0.717, 1.165) is 12.1 Å². The predicted octanol–water partition coefficient (Wildman–Crippen LogP) is 2.92. The molecular weight excluding hydrogens is 678 g/mol. The number of hydroxylamine groups is 2. The van der Waals surface area contributed by atoms with Gasteiger partial charge in [-0.1, -0.05) is 39.0 Å². The van der Waals surface area contributed by atoms with Crippen molar-refractivity contribution in [3.8, 4) is 16.9 Å². The van der Waals surface area contributed by atoms with Crippen LogP contribution in [0.4, 0.5) is 5.69 Å². The maximum atomic E-state index is 14.2. The molecule has 6 rings (SSSR count). The average Bonchev–Trinajstić information content (AvgIpc) is 3.49. The number of hydrogen-bond donors (Lipinski definition) is 4.